The van der Waals surface area contributed by atoms with Crippen LogP contribution in [0, 0.1) is 11.3 Å². The second-order valence-corrected chi connectivity index (χ2v) is 9.55. The maximum Gasteiger partial charge on any atom is 0.219 e. The standard InChI is InChI=1S/C27H30N6O/c1-3-33(4-2)25-19(16-28)21-18-15-20(17-11-7-5-8-12-17)34-26(18)30-24-22(21)23(29-25)31-27(32-24)13-9-6-10-14-27/h5,7-8,11-12,20H,3-4,6,9-10,13-15H2,1-2H3,(H,29,31)(H,30,32)/t20-/m0/s1. The zero-order valence-corrected chi connectivity index (χ0v) is 19.8. The predicted molar refractivity (Wildman–Crippen MR) is 134 cm³/mol. The lowest BCUT2D eigenvalue weighted by atomic mass is 9.86. The molecule has 0 unspecified atom stereocenters. The van der Waals surface area contributed by atoms with Crippen molar-refractivity contribution >= 4 is 28.2 Å². The van der Waals surface area contributed by atoms with Gasteiger partial charge in [-0.3, -0.25) is 0 Å². The highest BCUT2D eigenvalue weighted by molar-refractivity contribution is 6.09. The molecule has 3 aromatic rings. The second-order valence-electron chi connectivity index (χ2n) is 9.55. The Bertz CT molecular complexity index is 1290. The van der Waals surface area contributed by atoms with Crippen LogP contribution in [0.3, 0.4) is 0 Å². The minimum atomic E-state index is -0.251. The summed E-state index contributed by atoms with van der Waals surface area (Å²) in [5, 5.41) is 19.7. The van der Waals surface area contributed by atoms with E-state index in [4.69, 9.17) is 14.7 Å². The Balaban J connectivity index is 1.59. The van der Waals surface area contributed by atoms with Crippen LogP contribution < -0.4 is 20.3 Å². The van der Waals surface area contributed by atoms with E-state index in [0.717, 1.165) is 78.1 Å². The first kappa shape index (κ1) is 21.0. The molecule has 0 bridgehead atoms. The molecule has 6 rings (SSSR count). The minimum Gasteiger partial charge on any atom is -0.469 e. The molecule has 1 spiro atoms. The molecule has 1 saturated carbocycles. The average molecular weight is 455 g/mol. The van der Waals surface area contributed by atoms with Crippen molar-refractivity contribution in [3.05, 3.63) is 47.0 Å². The summed E-state index contributed by atoms with van der Waals surface area (Å²) in [5.74, 6) is 3.01. The normalized spacial score (nSPS) is 19.6. The quantitative estimate of drug-likeness (QED) is 0.537. The number of fused-ring (bicyclic) bond motifs is 2. The summed E-state index contributed by atoms with van der Waals surface area (Å²) >= 11 is 0. The fraction of sp³-hybridized carbons (Fsp3) is 0.444. The van der Waals surface area contributed by atoms with Crippen LogP contribution >= 0.6 is 0 Å². The number of rotatable bonds is 4. The van der Waals surface area contributed by atoms with Gasteiger partial charge in [-0.2, -0.15) is 10.2 Å². The molecule has 3 aliphatic rings. The Kier molecular flexibility index (Phi) is 4.98. The SMILES string of the molecule is CCN(CC)c1nc2c3c(nc4c(c3c1C#N)C[C@@H](c1ccccc1)O4)NC1(CCCCC1)N2. The van der Waals surface area contributed by atoms with Gasteiger partial charge in [-0.25, -0.2) is 4.98 Å². The highest BCUT2D eigenvalue weighted by Gasteiger charge is 2.41. The lowest BCUT2D eigenvalue weighted by molar-refractivity contribution is 0.231. The zero-order chi connectivity index (χ0) is 23.3. The van der Waals surface area contributed by atoms with E-state index in [2.05, 4.69) is 47.6 Å². The van der Waals surface area contributed by atoms with Crippen LogP contribution in [0.1, 0.15) is 68.7 Å². The van der Waals surface area contributed by atoms with Crippen molar-refractivity contribution in [3.63, 3.8) is 0 Å². The monoisotopic (exact) mass is 454 g/mol. The smallest absolute Gasteiger partial charge is 0.219 e. The van der Waals surface area contributed by atoms with Gasteiger partial charge in [0.05, 0.1) is 5.39 Å². The first-order valence-corrected chi connectivity index (χ1v) is 12.5. The molecule has 0 radical (unpaired) electrons. The number of anilines is 3. The topological polar surface area (TPSA) is 86.1 Å². The van der Waals surface area contributed by atoms with Crippen molar-refractivity contribution in [2.24, 2.45) is 0 Å². The maximum absolute atomic E-state index is 10.4. The van der Waals surface area contributed by atoms with Gasteiger partial charge >= 0.3 is 0 Å². The molecule has 2 aromatic heterocycles. The van der Waals surface area contributed by atoms with E-state index in [1.54, 1.807) is 0 Å². The molecule has 1 aliphatic carbocycles. The van der Waals surface area contributed by atoms with Gasteiger partial charge in [0.15, 0.2) is 0 Å². The van der Waals surface area contributed by atoms with E-state index in [1.807, 2.05) is 18.2 Å². The van der Waals surface area contributed by atoms with Crippen molar-refractivity contribution < 1.29 is 4.74 Å². The summed E-state index contributed by atoms with van der Waals surface area (Å²) in [6.07, 6.45) is 6.18. The number of aromatic nitrogens is 2. The van der Waals surface area contributed by atoms with E-state index < -0.39 is 0 Å². The van der Waals surface area contributed by atoms with Gasteiger partial charge < -0.3 is 20.3 Å². The maximum atomic E-state index is 10.4. The van der Waals surface area contributed by atoms with Crippen LogP contribution in [0.4, 0.5) is 17.5 Å². The molecule has 1 aromatic carbocycles. The van der Waals surface area contributed by atoms with Crippen molar-refractivity contribution in [2.75, 3.05) is 28.6 Å². The van der Waals surface area contributed by atoms with Crippen molar-refractivity contribution in [3.8, 4) is 11.9 Å². The molecule has 4 heterocycles. The van der Waals surface area contributed by atoms with Gasteiger partial charge in [-0.15, -0.1) is 0 Å². The largest absolute Gasteiger partial charge is 0.469 e. The lowest BCUT2D eigenvalue weighted by Gasteiger charge is -2.43. The second kappa shape index (κ2) is 8.05. The van der Waals surface area contributed by atoms with Crippen LogP contribution in [0.25, 0.3) is 10.8 Å². The van der Waals surface area contributed by atoms with Crippen LogP contribution in [0.15, 0.2) is 30.3 Å². The number of hydrogen-bond donors (Lipinski definition) is 2. The summed E-state index contributed by atoms with van der Waals surface area (Å²) in [7, 11) is 0. The number of hydrogen-bond acceptors (Lipinski definition) is 7. The zero-order valence-electron chi connectivity index (χ0n) is 19.8. The van der Waals surface area contributed by atoms with E-state index in [0.29, 0.717) is 17.9 Å². The van der Waals surface area contributed by atoms with E-state index in [-0.39, 0.29) is 11.8 Å². The molecular formula is C27H30N6O. The molecule has 1 atom stereocenters. The van der Waals surface area contributed by atoms with Gasteiger partial charge in [0.25, 0.3) is 0 Å². The minimum absolute atomic E-state index is 0.112. The molecule has 0 saturated heterocycles. The van der Waals surface area contributed by atoms with E-state index in [1.165, 1.54) is 6.42 Å². The predicted octanol–water partition coefficient (Wildman–Crippen LogP) is 5.52. The first-order chi connectivity index (χ1) is 16.7. The summed E-state index contributed by atoms with van der Waals surface area (Å²) in [6, 6.07) is 12.8. The van der Waals surface area contributed by atoms with E-state index >= 15 is 0 Å². The third-order valence-corrected chi connectivity index (χ3v) is 7.60. The van der Waals surface area contributed by atoms with Crippen molar-refractivity contribution in [1.29, 1.82) is 5.26 Å². The van der Waals surface area contributed by atoms with Crippen LogP contribution in [0.5, 0.6) is 5.88 Å². The fourth-order valence-corrected chi connectivity index (χ4v) is 5.87. The van der Waals surface area contributed by atoms with Crippen LogP contribution in [-0.2, 0) is 6.42 Å². The van der Waals surface area contributed by atoms with Crippen LogP contribution in [-0.4, -0.2) is 28.7 Å². The summed E-state index contributed by atoms with van der Waals surface area (Å²) < 4.78 is 6.42. The van der Waals surface area contributed by atoms with Gasteiger partial charge in [0.1, 0.15) is 40.9 Å². The Morgan fingerprint density at radius 2 is 1.74 bits per heavy atom. The van der Waals surface area contributed by atoms with E-state index in [9.17, 15) is 5.26 Å². The number of benzene rings is 1. The Hall–Kier alpha value is -3.53. The van der Waals surface area contributed by atoms with Crippen molar-refractivity contribution in [1.82, 2.24) is 9.97 Å². The number of pyridine rings is 2. The third-order valence-electron chi connectivity index (χ3n) is 7.60. The van der Waals surface area contributed by atoms with Gasteiger partial charge in [-0.1, -0.05) is 36.8 Å². The summed E-state index contributed by atoms with van der Waals surface area (Å²) in [5.41, 5.74) is 2.49. The highest BCUT2D eigenvalue weighted by Crippen LogP contribution is 2.49. The first-order valence-electron chi connectivity index (χ1n) is 12.5. The Morgan fingerprint density at radius 3 is 2.41 bits per heavy atom. The molecule has 7 heteroatoms. The number of nitrogens with one attached hydrogen (secondary N) is 2. The molecular weight excluding hydrogens is 424 g/mol. The molecule has 174 valence electrons. The van der Waals surface area contributed by atoms with Gasteiger partial charge in [0, 0.05) is 30.5 Å². The fourth-order valence-electron chi connectivity index (χ4n) is 5.87. The third kappa shape index (κ3) is 3.16. The van der Waals surface area contributed by atoms with Crippen LogP contribution in [0.2, 0.25) is 0 Å². The molecule has 7 nitrogen and oxygen atoms in total. The lowest BCUT2D eigenvalue weighted by Crippen LogP contribution is -2.50. The average Bonchev–Trinajstić information content (AvgIpc) is 3.30. The number of nitrogens with zero attached hydrogens (tertiary/aromatic N) is 4. The highest BCUT2D eigenvalue weighted by atomic mass is 16.5. The molecule has 0 amide bonds. The molecule has 2 N–H and O–H groups in total. The molecule has 34 heavy (non-hydrogen) atoms. The van der Waals surface area contributed by atoms with Crippen molar-refractivity contribution in [2.45, 2.75) is 64.1 Å². The Morgan fingerprint density at radius 1 is 1.03 bits per heavy atom. The number of ether oxygens (including phenoxy) is 1. The van der Waals surface area contributed by atoms with Gasteiger partial charge in [-0.05, 0) is 45.1 Å². The van der Waals surface area contributed by atoms with Gasteiger partial charge in [0.2, 0.25) is 5.88 Å². The molecule has 1 fully saturated rings. The molecule has 2 aliphatic heterocycles. The summed E-state index contributed by atoms with van der Waals surface area (Å²) in [4.78, 5) is 12.2. The Labute approximate surface area is 200 Å². The number of nitriles is 1. The summed E-state index contributed by atoms with van der Waals surface area (Å²) in [6.45, 7) is 5.79.